The smallest absolute Gasteiger partial charge is 0.309 e. The molecule has 2 heterocycles. The van der Waals surface area contributed by atoms with E-state index < -0.39 is 5.97 Å². The molecular formula is C9H9N3O2S. The molecule has 2 N–H and O–H groups in total. The molecule has 2 aromatic heterocycles. The van der Waals surface area contributed by atoms with Crippen LogP contribution in [0.3, 0.4) is 0 Å². The second-order valence-electron chi connectivity index (χ2n) is 3.10. The predicted molar refractivity (Wildman–Crippen MR) is 55.8 cm³/mol. The van der Waals surface area contributed by atoms with Gasteiger partial charge in [-0.1, -0.05) is 0 Å². The van der Waals surface area contributed by atoms with Gasteiger partial charge in [0.05, 0.1) is 11.4 Å². The van der Waals surface area contributed by atoms with Crippen molar-refractivity contribution in [3.05, 3.63) is 22.1 Å². The highest BCUT2D eigenvalue weighted by molar-refractivity contribution is 7.09. The number of aryl methyl sites for hydroxylation is 1. The summed E-state index contributed by atoms with van der Waals surface area (Å²) >= 11 is 1.54. The van der Waals surface area contributed by atoms with E-state index in [2.05, 4.69) is 15.2 Å². The van der Waals surface area contributed by atoms with Crippen LogP contribution in [0.1, 0.15) is 10.7 Å². The Labute approximate surface area is 89.8 Å². The Morgan fingerprint density at radius 2 is 2.40 bits per heavy atom. The molecule has 0 unspecified atom stereocenters. The first-order valence-corrected chi connectivity index (χ1v) is 5.21. The van der Waals surface area contributed by atoms with Gasteiger partial charge < -0.3 is 5.11 Å². The van der Waals surface area contributed by atoms with Crippen molar-refractivity contribution in [2.24, 2.45) is 0 Å². The Morgan fingerprint density at radius 3 is 3.00 bits per heavy atom. The number of carboxylic acid groups (broad SMARTS) is 1. The van der Waals surface area contributed by atoms with Crippen molar-refractivity contribution in [2.45, 2.75) is 13.3 Å². The van der Waals surface area contributed by atoms with E-state index in [1.54, 1.807) is 17.4 Å². The van der Waals surface area contributed by atoms with Crippen molar-refractivity contribution in [3.8, 4) is 11.4 Å². The molecule has 0 bridgehead atoms. The highest BCUT2D eigenvalue weighted by atomic mass is 32.1. The van der Waals surface area contributed by atoms with Crippen LogP contribution in [0.2, 0.25) is 0 Å². The third-order valence-corrected chi connectivity index (χ3v) is 2.63. The molecule has 15 heavy (non-hydrogen) atoms. The summed E-state index contributed by atoms with van der Waals surface area (Å²) in [5, 5.41) is 18.1. The molecule has 0 saturated carbocycles. The third-order valence-electron chi connectivity index (χ3n) is 1.85. The lowest BCUT2D eigenvalue weighted by Gasteiger charge is -1.86. The lowest BCUT2D eigenvalue weighted by Crippen LogP contribution is -1.99. The summed E-state index contributed by atoms with van der Waals surface area (Å²) < 4.78 is 0. The summed E-state index contributed by atoms with van der Waals surface area (Å²) in [4.78, 5) is 14.7. The maximum Gasteiger partial charge on any atom is 0.309 e. The first-order chi connectivity index (χ1) is 7.15. The zero-order chi connectivity index (χ0) is 10.8. The van der Waals surface area contributed by atoms with Gasteiger partial charge in [0.15, 0.2) is 0 Å². The van der Waals surface area contributed by atoms with Crippen molar-refractivity contribution >= 4 is 17.3 Å². The Kier molecular flexibility index (Phi) is 2.51. The summed E-state index contributed by atoms with van der Waals surface area (Å²) in [5.74, 6) is -0.875. The first kappa shape index (κ1) is 9.85. The maximum absolute atomic E-state index is 10.5. The molecule has 2 aromatic rings. The lowest BCUT2D eigenvalue weighted by molar-refractivity contribution is -0.136. The second-order valence-corrected chi connectivity index (χ2v) is 4.16. The Balaban J connectivity index is 2.23. The van der Waals surface area contributed by atoms with Crippen molar-refractivity contribution in [2.75, 3.05) is 0 Å². The number of rotatable bonds is 3. The molecule has 0 aliphatic carbocycles. The van der Waals surface area contributed by atoms with Gasteiger partial charge in [0.1, 0.15) is 11.4 Å². The third kappa shape index (κ3) is 2.21. The number of hydrogen-bond donors (Lipinski definition) is 2. The topological polar surface area (TPSA) is 78.9 Å². The van der Waals surface area contributed by atoms with E-state index in [-0.39, 0.29) is 6.42 Å². The molecule has 2 rings (SSSR count). The first-order valence-electron chi connectivity index (χ1n) is 4.34. The standard InChI is InChI=1S/C9H9N3O2S/c1-5-10-8(4-15-5)7-2-6(11-12-7)3-9(13)14/h2,4H,3H2,1H3,(H,11,12)(H,13,14). The number of aromatic nitrogens is 3. The number of aromatic amines is 1. The molecule has 0 spiro atoms. The molecule has 6 heteroatoms. The molecule has 0 aliphatic rings. The molecule has 0 radical (unpaired) electrons. The van der Waals surface area contributed by atoms with E-state index in [0.717, 1.165) is 10.7 Å². The van der Waals surface area contributed by atoms with Crippen molar-refractivity contribution in [1.29, 1.82) is 0 Å². The molecule has 0 aromatic carbocycles. The number of nitrogens with one attached hydrogen (secondary N) is 1. The molecule has 0 amide bonds. The summed E-state index contributed by atoms with van der Waals surface area (Å²) in [6, 6.07) is 1.71. The van der Waals surface area contributed by atoms with Gasteiger partial charge >= 0.3 is 5.97 Å². The molecule has 0 atom stereocenters. The number of H-pyrrole nitrogens is 1. The van der Waals surface area contributed by atoms with E-state index >= 15 is 0 Å². The van der Waals surface area contributed by atoms with Crippen LogP contribution in [-0.2, 0) is 11.2 Å². The Hall–Kier alpha value is -1.69. The normalized spacial score (nSPS) is 10.5. The fourth-order valence-electron chi connectivity index (χ4n) is 1.23. The van der Waals surface area contributed by atoms with E-state index in [9.17, 15) is 4.79 Å². The van der Waals surface area contributed by atoms with Gasteiger partial charge in [0.2, 0.25) is 0 Å². The van der Waals surface area contributed by atoms with Crippen LogP contribution in [0.15, 0.2) is 11.4 Å². The molecule has 0 fully saturated rings. The highest BCUT2D eigenvalue weighted by Crippen LogP contribution is 2.19. The van der Waals surface area contributed by atoms with Gasteiger partial charge in [-0.25, -0.2) is 4.98 Å². The van der Waals surface area contributed by atoms with Crippen LogP contribution >= 0.6 is 11.3 Å². The van der Waals surface area contributed by atoms with Crippen molar-refractivity contribution in [1.82, 2.24) is 15.2 Å². The number of hydrogen-bond acceptors (Lipinski definition) is 4. The zero-order valence-corrected chi connectivity index (χ0v) is 8.84. The fraction of sp³-hybridized carbons (Fsp3) is 0.222. The quantitative estimate of drug-likeness (QED) is 0.825. The minimum atomic E-state index is -0.875. The van der Waals surface area contributed by atoms with Crippen molar-refractivity contribution in [3.63, 3.8) is 0 Å². The van der Waals surface area contributed by atoms with Crippen LogP contribution in [0.5, 0.6) is 0 Å². The fourth-order valence-corrected chi connectivity index (χ4v) is 1.83. The highest BCUT2D eigenvalue weighted by Gasteiger charge is 2.08. The number of aliphatic carboxylic acids is 1. The van der Waals surface area contributed by atoms with E-state index in [1.165, 1.54) is 0 Å². The number of nitrogens with zero attached hydrogens (tertiary/aromatic N) is 2. The minimum absolute atomic E-state index is 0.0455. The largest absolute Gasteiger partial charge is 0.481 e. The molecule has 0 saturated heterocycles. The molecule has 5 nitrogen and oxygen atoms in total. The number of thiazole rings is 1. The second kappa shape index (κ2) is 3.82. The van der Waals surface area contributed by atoms with Gasteiger partial charge in [-0.3, -0.25) is 9.89 Å². The van der Waals surface area contributed by atoms with Crippen LogP contribution in [-0.4, -0.2) is 26.3 Å². The SMILES string of the molecule is Cc1nc(-c2cc(CC(=O)O)[nH]n2)cs1. The molecular weight excluding hydrogens is 214 g/mol. The van der Waals surface area contributed by atoms with E-state index in [1.807, 2.05) is 12.3 Å². The van der Waals surface area contributed by atoms with Crippen LogP contribution < -0.4 is 0 Å². The Bertz CT molecular complexity index is 489. The lowest BCUT2D eigenvalue weighted by atomic mass is 10.2. The van der Waals surface area contributed by atoms with Crippen LogP contribution in [0.25, 0.3) is 11.4 Å². The maximum atomic E-state index is 10.5. The number of carbonyl (C=O) groups is 1. The summed E-state index contributed by atoms with van der Waals surface area (Å²) in [7, 11) is 0. The zero-order valence-electron chi connectivity index (χ0n) is 8.02. The molecule has 78 valence electrons. The van der Waals surface area contributed by atoms with Gasteiger partial charge in [-0.2, -0.15) is 5.10 Å². The van der Waals surface area contributed by atoms with Gasteiger partial charge in [-0.05, 0) is 13.0 Å². The van der Waals surface area contributed by atoms with Gasteiger partial charge in [0.25, 0.3) is 0 Å². The van der Waals surface area contributed by atoms with Gasteiger partial charge in [-0.15, -0.1) is 11.3 Å². The van der Waals surface area contributed by atoms with E-state index in [0.29, 0.717) is 11.4 Å². The average Bonchev–Trinajstić information content (AvgIpc) is 2.72. The van der Waals surface area contributed by atoms with Crippen LogP contribution in [0, 0.1) is 6.92 Å². The predicted octanol–water partition coefficient (Wildman–Crippen LogP) is 1.47. The van der Waals surface area contributed by atoms with Crippen LogP contribution in [0.4, 0.5) is 0 Å². The van der Waals surface area contributed by atoms with E-state index in [4.69, 9.17) is 5.11 Å². The molecule has 0 aliphatic heterocycles. The average molecular weight is 223 g/mol. The Morgan fingerprint density at radius 1 is 1.60 bits per heavy atom. The number of carboxylic acids is 1. The van der Waals surface area contributed by atoms with Crippen molar-refractivity contribution < 1.29 is 9.90 Å². The summed E-state index contributed by atoms with van der Waals surface area (Å²) in [6.45, 7) is 1.92. The minimum Gasteiger partial charge on any atom is -0.481 e. The monoisotopic (exact) mass is 223 g/mol. The summed E-state index contributed by atoms with van der Waals surface area (Å²) in [6.07, 6.45) is -0.0455. The van der Waals surface area contributed by atoms with Gasteiger partial charge in [0, 0.05) is 11.1 Å². The summed E-state index contributed by atoms with van der Waals surface area (Å²) in [5.41, 5.74) is 2.06.